The Morgan fingerprint density at radius 1 is 0.938 bits per heavy atom. The maximum Gasteiger partial charge on any atom is 0.238 e. The van der Waals surface area contributed by atoms with Gasteiger partial charge in [-0.25, -0.2) is 0 Å². The SMILES string of the molecule is CCc1ccccc1NC(=O)CN(C)CC(=O)N(C)Cc1ccc2cc(OC)ccc2c1. The summed E-state index contributed by atoms with van der Waals surface area (Å²) in [6.07, 6.45) is 0.845. The van der Waals surface area contributed by atoms with Crippen molar-refractivity contribution in [1.82, 2.24) is 9.80 Å². The number of fused-ring (bicyclic) bond motifs is 1. The van der Waals surface area contributed by atoms with Gasteiger partial charge < -0.3 is 15.0 Å². The molecular formula is C26H31N3O3. The van der Waals surface area contributed by atoms with E-state index in [4.69, 9.17) is 4.74 Å². The molecule has 32 heavy (non-hydrogen) atoms. The van der Waals surface area contributed by atoms with Crippen LogP contribution < -0.4 is 10.1 Å². The van der Waals surface area contributed by atoms with Crippen LogP contribution in [0, 0.1) is 0 Å². The maximum absolute atomic E-state index is 12.7. The molecule has 0 spiro atoms. The first-order chi connectivity index (χ1) is 15.4. The number of hydrogen-bond acceptors (Lipinski definition) is 4. The average Bonchev–Trinajstić information content (AvgIpc) is 2.78. The monoisotopic (exact) mass is 433 g/mol. The molecule has 0 saturated heterocycles. The van der Waals surface area contributed by atoms with Gasteiger partial charge in [-0.05, 0) is 59.6 Å². The standard InChI is InChI=1S/C26H31N3O3/c1-5-20-8-6-7-9-24(20)27-25(30)17-28(2)18-26(31)29(3)16-19-10-11-22-15-23(32-4)13-12-21(22)14-19/h6-15H,5,16-18H2,1-4H3,(H,27,30). The number of nitrogens with zero attached hydrogens (tertiary/aromatic N) is 2. The zero-order valence-corrected chi connectivity index (χ0v) is 19.2. The number of hydrogen-bond donors (Lipinski definition) is 1. The van der Waals surface area contributed by atoms with E-state index in [1.165, 1.54) is 0 Å². The molecule has 0 aliphatic heterocycles. The normalized spacial score (nSPS) is 10.9. The summed E-state index contributed by atoms with van der Waals surface area (Å²) < 4.78 is 5.27. The molecule has 2 amide bonds. The second-order valence-electron chi connectivity index (χ2n) is 8.03. The van der Waals surface area contributed by atoms with E-state index in [0.29, 0.717) is 6.54 Å². The van der Waals surface area contributed by atoms with Crippen molar-refractivity contribution in [2.75, 3.05) is 39.6 Å². The van der Waals surface area contributed by atoms with E-state index >= 15 is 0 Å². The van der Waals surface area contributed by atoms with Crippen molar-refractivity contribution < 1.29 is 14.3 Å². The van der Waals surface area contributed by atoms with Crippen LogP contribution in [0.25, 0.3) is 10.8 Å². The lowest BCUT2D eigenvalue weighted by molar-refractivity contribution is -0.131. The molecule has 0 aliphatic carbocycles. The third-order valence-electron chi connectivity index (χ3n) is 5.45. The lowest BCUT2D eigenvalue weighted by Gasteiger charge is -2.22. The van der Waals surface area contributed by atoms with Crippen LogP contribution in [0.4, 0.5) is 5.69 Å². The number of amides is 2. The number of aryl methyl sites for hydroxylation is 1. The molecule has 0 saturated carbocycles. The number of carbonyl (C=O) groups excluding carboxylic acids is 2. The van der Waals surface area contributed by atoms with Gasteiger partial charge in [0.1, 0.15) is 5.75 Å². The average molecular weight is 434 g/mol. The van der Waals surface area contributed by atoms with Gasteiger partial charge in [-0.3, -0.25) is 14.5 Å². The van der Waals surface area contributed by atoms with Gasteiger partial charge in [-0.2, -0.15) is 0 Å². The highest BCUT2D eigenvalue weighted by molar-refractivity contribution is 5.93. The number of benzene rings is 3. The molecule has 3 aromatic rings. The Balaban J connectivity index is 1.53. The Morgan fingerprint density at radius 2 is 1.66 bits per heavy atom. The van der Waals surface area contributed by atoms with Crippen molar-refractivity contribution >= 4 is 28.3 Å². The van der Waals surface area contributed by atoms with Crippen molar-refractivity contribution in [3.63, 3.8) is 0 Å². The quantitative estimate of drug-likeness (QED) is 0.555. The maximum atomic E-state index is 12.7. The zero-order valence-electron chi connectivity index (χ0n) is 19.2. The smallest absolute Gasteiger partial charge is 0.238 e. The second-order valence-corrected chi connectivity index (χ2v) is 8.03. The predicted molar refractivity (Wildman–Crippen MR) is 129 cm³/mol. The zero-order chi connectivity index (χ0) is 23.1. The van der Waals surface area contributed by atoms with E-state index in [9.17, 15) is 9.59 Å². The van der Waals surface area contributed by atoms with E-state index in [-0.39, 0.29) is 24.9 Å². The molecule has 3 aromatic carbocycles. The number of methoxy groups -OCH3 is 1. The van der Waals surface area contributed by atoms with E-state index in [2.05, 4.69) is 18.3 Å². The highest BCUT2D eigenvalue weighted by Crippen LogP contribution is 2.22. The molecule has 0 radical (unpaired) electrons. The minimum Gasteiger partial charge on any atom is -0.497 e. The molecule has 6 heteroatoms. The number of ether oxygens (including phenoxy) is 1. The Bertz CT molecular complexity index is 1100. The first-order valence-electron chi connectivity index (χ1n) is 10.8. The molecule has 0 aromatic heterocycles. The van der Waals surface area contributed by atoms with Crippen LogP contribution in [0.5, 0.6) is 5.75 Å². The van der Waals surface area contributed by atoms with Gasteiger partial charge >= 0.3 is 0 Å². The van der Waals surface area contributed by atoms with E-state index < -0.39 is 0 Å². The van der Waals surface area contributed by atoms with Crippen molar-refractivity contribution in [3.8, 4) is 5.75 Å². The Morgan fingerprint density at radius 3 is 2.41 bits per heavy atom. The van der Waals surface area contributed by atoms with Crippen molar-refractivity contribution in [2.24, 2.45) is 0 Å². The Hall–Kier alpha value is -3.38. The van der Waals surface area contributed by atoms with Gasteiger partial charge in [0.05, 0.1) is 20.2 Å². The van der Waals surface area contributed by atoms with Crippen molar-refractivity contribution in [2.45, 2.75) is 19.9 Å². The van der Waals surface area contributed by atoms with Gasteiger partial charge in [0.15, 0.2) is 0 Å². The van der Waals surface area contributed by atoms with Gasteiger partial charge in [-0.1, -0.05) is 43.3 Å². The summed E-state index contributed by atoms with van der Waals surface area (Å²) in [6, 6.07) is 19.8. The van der Waals surface area contributed by atoms with Crippen LogP contribution in [0.15, 0.2) is 60.7 Å². The molecule has 6 nitrogen and oxygen atoms in total. The third kappa shape index (κ3) is 6.08. The van der Waals surface area contributed by atoms with Gasteiger partial charge in [-0.15, -0.1) is 0 Å². The molecule has 0 fully saturated rings. The van der Waals surface area contributed by atoms with E-state index in [1.807, 2.05) is 54.6 Å². The number of carbonyl (C=O) groups is 2. The number of rotatable bonds is 9. The van der Waals surface area contributed by atoms with Crippen LogP contribution in [-0.2, 0) is 22.6 Å². The fraction of sp³-hybridized carbons (Fsp3) is 0.308. The topological polar surface area (TPSA) is 61.9 Å². The molecule has 3 rings (SSSR count). The second kappa shape index (κ2) is 10.8. The Kier molecular flexibility index (Phi) is 7.84. The lowest BCUT2D eigenvalue weighted by Crippen LogP contribution is -2.39. The van der Waals surface area contributed by atoms with Crippen LogP contribution in [0.1, 0.15) is 18.1 Å². The number of anilines is 1. The highest BCUT2D eigenvalue weighted by atomic mass is 16.5. The van der Waals surface area contributed by atoms with Gasteiger partial charge in [0.2, 0.25) is 11.8 Å². The number of likely N-dealkylation sites (N-methyl/N-ethyl adjacent to an activating group) is 2. The molecule has 1 N–H and O–H groups in total. The lowest BCUT2D eigenvalue weighted by atomic mass is 10.1. The Labute approximate surface area is 189 Å². The molecule has 0 heterocycles. The van der Waals surface area contributed by atoms with Crippen molar-refractivity contribution in [1.29, 1.82) is 0 Å². The fourth-order valence-corrected chi connectivity index (χ4v) is 3.65. The van der Waals surface area contributed by atoms with E-state index in [0.717, 1.165) is 39.8 Å². The van der Waals surface area contributed by atoms with Crippen LogP contribution in [0.3, 0.4) is 0 Å². The summed E-state index contributed by atoms with van der Waals surface area (Å²) in [7, 11) is 5.22. The van der Waals surface area contributed by atoms with Gasteiger partial charge in [0, 0.05) is 19.3 Å². The molecule has 0 aliphatic rings. The molecule has 168 valence electrons. The van der Waals surface area contributed by atoms with E-state index in [1.54, 1.807) is 31.0 Å². The summed E-state index contributed by atoms with van der Waals surface area (Å²) in [4.78, 5) is 28.5. The molecule has 0 bridgehead atoms. The molecule has 0 atom stereocenters. The first kappa shape index (κ1) is 23.3. The summed E-state index contributed by atoms with van der Waals surface area (Å²) in [5.41, 5.74) is 2.97. The minimum absolute atomic E-state index is 0.0379. The van der Waals surface area contributed by atoms with Crippen LogP contribution in [0.2, 0.25) is 0 Å². The fourth-order valence-electron chi connectivity index (χ4n) is 3.65. The van der Waals surface area contributed by atoms with Gasteiger partial charge in [0.25, 0.3) is 0 Å². The largest absolute Gasteiger partial charge is 0.497 e. The minimum atomic E-state index is -0.131. The molecule has 0 unspecified atom stereocenters. The predicted octanol–water partition coefficient (Wildman–Crippen LogP) is 3.94. The summed E-state index contributed by atoms with van der Waals surface area (Å²) in [6.45, 7) is 2.88. The van der Waals surface area contributed by atoms with Crippen molar-refractivity contribution in [3.05, 3.63) is 71.8 Å². The summed E-state index contributed by atoms with van der Waals surface area (Å²) >= 11 is 0. The van der Waals surface area contributed by atoms with Crippen LogP contribution >= 0.6 is 0 Å². The number of para-hydroxylation sites is 1. The summed E-state index contributed by atoms with van der Waals surface area (Å²) in [5.74, 6) is 0.653. The highest BCUT2D eigenvalue weighted by Gasteiger charge is 2.15. The molecular weight excluding hydrogens is 402 g/mol. The summed E-state index contributed by atoms with van der Waals surface area (Å²) in [5, 5.41) is 5.14. The third-order valence-corrected chi connectivity index (χ3v) is 5.45. The first-order valence-corrected chi connectivity index (χ1v) is 10.8. The van der Waals surface area contributed by atoms with Crippen LogP contribution in [-0.4, -0.2) is 55.9 Å². The number of nitrogens with one attached hydrogen (secondary N) is 1.